The van der Waals surface area contributed by atoms with E-state index in [0.29, 0.717) is 16.9 Å². The lowest BCUT2D eigenvalue weighted by molar-refractivity contribution is -0.274. The molecule has 4 aromatic rings. The zero-order valence-electron chi connectivity index (χ0n) is 13.3. The van der Waals surface area contributed by atoms with Gasteiger partial charge >= 0.3 is 6.36 Å². The Kier molecular flexibility index (Phi) is 3.83. The van der Waals surface area contributed by atoms with E-state index < -0.39 is 18.0 Å². The summed E-state index contributed by atoms with van der Waals surface area (Å²) in [4.78, 5) is 8.37. The number of hydrogen-bond acceptors (Lipinski definition) is 4. The summed E-state index contributed by atoms with van der Waals surface area (Å²) in [6.45, 7) is 0. The van der Waals surface area contributed by atoms with Crippen LogP contribution in [0.25, 0.3) is 16.7 Å². The predicted octanol–water partition coefficient (Wildman–Crippen LogP) is 4.80. The lowest BCUT2D eigenvalue weighted by Crippen LogP contribution is -2.17. The molecule has 10 heteroatoms. The molecule has 2 aromatic carbocycles. The van der Waals surface area contributed by atoms with E-state index in [0.717, 1.165) is 24.3 Å². The largest absolute Gasteiger partial charge is 0.573 e. The van der Waals surface area contributed by atoms with Crippen molar-refractivity contribution >= 4 is 28.2 Å². The van der Waals surface area contributed by atoms with Crippen molar-refractivity contribution in [1.82, 2.24) is 14.4 Å². The maximum Gasteiger partial charge on any atom is 0.573 e. The van der Waals surface area contributed by atoms with E-state index in [1.54, 1.807) is 6.20 Å². The molecule has 1 N–H and O–H groups in total. The Balaban J connectivity index is 1.73. The molecule has 0 bridgehead atoms. The Hall–Kier alpha value is -3.43. The van der Waals surface area contributed by atoms with Crippen LogP contribution >= 0.6 is 0 Å². The number of benzene rings is 2. The lowest BCUT2D eigenvalue weighted by atomic mass is 10.2. The van der Waals surface area contributed by atoms with Gasteiger partial charge < -0.3 is 10.1 Å². The van der Waals surface area contributed by atoms with Gasteiger partial charge in [0.2, 0.25) is 0 Å². The second-order valence-corrected chi connectivity index (χ2v) is 5.53. The molecule has 0 aliphatic heterocycles. The number of fused-ring (bicyclic) bond motifs is 3. The topological polar surface area (TPSA) is 51.5 Å². The number of hydrogen-bond donors (Lipinski definition) is 1. The van der Waals surface area contributed by atoms with Crippen molar-refractivity contribution in [3.63, 3.8) is 0 Å². The lowest BCUT2D eigenvalue weighted by Gasteiger charge is -2.12. The molecule has 2 aromatic heterocycles. The highest BCUT2D eigenvalue weighted by atomic mass is 19.4. The van der Waals surface area contributed by atoms with Gasteiger partial charge in [0.25, 0.3) is 0 Å². The Labute approximate surface area is 148 Å². The monoisotopic (exact) mass is 380 g/mol. The van der Waals surface area contributed by atoms with Gasteiger partial charge in [-0.05, 0) is 24.3 Å². The Morgan fingerprint density at radius 1 is 1.00 bits per heavy atom. The van der Waals surface area contributed by atoms with E-state index >= 15 is 0 Å². The van der Waals surface area contributed by atoms with E-state index in [9.17, 15) is 22.0 Å². The van der Waals surface area contributed by atoms with E-state index in [1.165, 1.54) is 22.7 Å². The summed E-state index contributed by atoms with van der Waals surface area (Å²) >= 11 is 0. The molecule has 0 unspecified atom stereocenters. The smallest absolute Gasteiger partial charge is 0.406 e. The van der Waals surface area contributed by atoms with Crippen LogP contribution in [0.15, 0.2) is 48.8 Å². The third-order valence-corrected chi connectivity index (χ3v) is 3.71. The molecule has 0 fully saturated rings. The molecular formula is C17H9F5N4O. The number of imidazole rings is 1. The van der Waals surface area contributed by atoms with Crippen LogP contribution in [0.3, 0.4) is 0 Å². The minimum absolute atomic E-state index is 0.180. The summed E-state index contributed by atoms with van der Waals surface area (Å²) in [7, 11) is 0. The van der Waals surface area contributed by atoms with Gasteiger partial charge in [-0.2, -0.15) is 0 Å². The van der Waals surface area contributed by atoms with Crippen molar-refractivity contribution in [2.75, 3.05) is 5.32 Å². The maximum atomic E-state index is 13.5. The maximum absolute atomic E-state index is 13.5. The molecule has 0 atom stereocenters. The van der Waals surface area contributed by atoms with Crippen LogP contribution in [-0.2, 0) is 0 Å². The van der Waals surface area contributed by atoms with Gasteiger partial charge in [-0.1, -0.05) is 0 Å². The molecule has 0 amide bonds. The molecular weight excluding hydrogens is 371 g/mol. The molecule has 0 aliphatic carbocycles. The van der Waals surface area contributed by atoms with Crippen molar-refractivity contribution < 1.29 is 26.7 Å². The SMILES string of the molecule is Fc1cc2nc(Nc3ccc(OC(F)(F)F)cc3)c3nccn3c2cc1F. The number of ether oxygens (including phenoxy) is 1. The normalized spacial score (nSPS) is 11.9. The zero-order chi connectivity index (χ0) is 19.2. The summed E-state index contributed by atoms with van der Waals surface area (Å²) in [6, 6.07) is 6.95. The molecule has 0 saturated carbocycles. The number of anilines is 2. The number of rotatable bonds is 3. The van der Waals surface area contributed by atoms with E-state index in [-0.39, 0.29) is 17.1 Å². The minimum Gasteiger partial charge on any atom is -0.406 e. The number of halogens is 5. The predicted molar refractivity (Wildman–Crippen MR) is 86.8 cm³/mol. The van der Waals surface area contributed by atoms with Gasteiger partial charge in [0.05, 0.1) is 11.0 Å². The third kappa shape index (κ3) is 3.33. The average molecular weight is 380 g/mol. The molecule has 2 heterocycles. The van der Waals surface area contributed by atoms with Gasteiger partial charge in [0.1, 0.15) is 5.75 Å². The number of nitrogens with one attached hydrogen (secondary N) is 1. The summed E-state index contributed by atoms with van der Waals surface area (Å²) in [5, 5.41) is 2.90. The molecule has 0 spiro atoms. The van der Waals surface area contributed by atoms with Crippen LogP contribution in [-0.4, -0.2) is 20.7 Å². The van der Waals surface area contributed by atoms with Gasteiger partial charge in [-0.15, -0.1) is 13.2 Å². The van der Waals surface area contributed by atoms with Crippen LogP contribution < -0.4 is 10.1 Å². The van der Waals surface area contributed by atoms with Crippen LogP contribution in [0, 0.1) is 11.6 Å². The first-order valence-electron chi connectivity index (χ1n) is 7.55. The molecule has 27 heavy (non-hydrogen) atoms. The number of aromatic nitrogens is 3. The van der Waals surface area contributed by atoms with E-state index in [4.69, 9.17) is 0 Å². The van der Waals surface area contributed by atoms with Crippen LogP contribution in [0.2, 0.25) is 0 Å². The van der Waals surface area contributed by atoms with Crippen LogP contribution in [0.5, 0.6) is 5.75 Å². The Morgan fingerprint density at radius 2 is 1.70 bits per heavy atom. The third-order valence-electron chi connectivity index (χ3n) is 3.71. The summed E-state index contributed by atoms with van der Waals surface area (Å²) in [5.74, 6) is -2.21. The number of nitrogens with zero attached hydrogens (tertiary/aromatic N) is 3. The fraction of sp³-hybridized carbons (Fsp3) is 0.0588. The first-order valence-corrected chi connectivity index (χ1v) is 7.55. The van der Waals surface area contributed by atoms with Gasteiger partial charge in [-0.25, -0.2) is 18.7 Å². The van der Waals surface area contributed by atoms with Crippen LogP contribution in [0.1, 0.15) is 0 Å². The second kappa shape index (κ2) is 6.08. The summed E-state index contributed by atoms with van der Waals surface area (Å²) in [5.41, 5.74) is 1.24. The fourth-order valence-corrected chi connectivity index (χ4v) is 2.61. The highest BCUT2D eigenvalue weighted by Crippen LogP contribution is 2.28. The van der Waals surface area contributed by atoms with Crippen molar-refractivity contribution in [2.24, 2.45) is 0 Å². The first-order chi connectivity index (χ1) is 12.8. The van der Waals surface area contributed by atoms with Crippen molar-refractivity contribution in [1.29, 1.82) is 0 Å². The van der Waals surface area contributed by atoms with Crippen molar-refractivity contribution in [2.45, 2.75) is 6.36 Å². The second-order valence-electron chi connectivity index (χ2n) is 5.53. The highest BCUT2D eigenvalue weighted by molar-refractivity contribution is 5.84. The van der Waals surface area contributed by atoms with E-state index in [2.05, 4.69) is 20.0 Å². The molecule has 5 nitrogen and oxygen atoms in total. The Morgan fingerprint density at radius 3 is 2.41 bits per heavy atom. The molecule has 4 rings (SSSR count). The summed E-state index contributed by atoms with van der Waals surface area (Å²) < 4.78 is 69.1. The standard InChI is InChI=1S/C17H9F5N4O/c18-11-7-13-14(8-12(11)19)26-6-5-23-16(26)15(25-13)24-9-1-3-10(4-2-9)27-17(20,21)22/h1-8H,(H,24,25). The van der Waals surface area contributed by atoms with Gasteiger partial charge in [0.15, 0.2) is 23.1 Å². The molecule has 0 saturated heterocycles. The quantitative estimate of drug-likeness (QED) is 0.519. The highest BCUT2D eigenvalue weighted by Gasteiger charge is 2.30. The Bertz CT molecular complexity index is 1140. The van der Waals surface area contributed by atoms with E-state index in [1.807, 2.05) is 0 Å². The first kappa shape index (κ1) is 17.0. The molecule has 0 aliphatic rings. The fourth-order valence-electron chi connectivity index (χ4n) is 2.61. The zero-order valence-corrected chi connectivity index (χ0v) is 13.3. The number of alkyl halides is 3. The van der Waals surface area contributed by atoms with Gasteiger partial charge in [0, 0.05) is 30.2 Å². The average Bonchev–Trinajstić information content (AvgIpc) is 3.07. The summed E-state index contributed by atoms with van der Waals surface area (Å²) in [6.07, 6.45) is -1.76. The van der Waals surface area contributed by atoms with Crippen molar-refractivity contribution in [3.05, 3.63) is 60.4 Å². The van der Waals surface area contributed by atoms with Crippen molar-refractivity contribution in [3.8, 4) is 5.75 Å². The van der Waals surface area contributed by atoms with Gasteiger partial charge in [-0.3, -0.25) is 4.40 Å². The molecule has 0 radical (unpaired) electrons. The molecule has 138 valence electrons. The van der Waals surface area contributed by atoms with Crippen LogP contribution in [0.4, 0.5) is 33.5 Å². The minimum atomic E-state index is -4.78.